The van der Waals surface area contributed by atoms with E-state index in [1.807, 2.05) is 20.8 Å². The van der Waals surface area contributed by atoms with Crippen LogP contribution in [-0.2, 0) is 4.74 Å². The minimum Gasteiger partial charge on any atom is -0.468 e. The van der Waals surface area contributed by atoms with E-state index in [0.29, 0.717) is 17.6 Å². The lowest BCUT2D eigenvalue weighted by Crippen LogP contribution is -2.30. The maximum Gasteiger partial charge on any atom is 0.188 e. The molecule has 0 bridgehead atoms. The average molecular weight is 168 g/mol. The van der Waals surface area contributed by atoms with Crippen molar-refractivity contribution in [2.24, 2.45) is 5.92 Å². The molecular weight excluding hydrogens is 152 g/mol. The summed E-state index contributed by atoms with van der Waals surface area (Å²) in [4.78, 5) is 1.80. The van der Waals surface area contributed by atoms with Crippen molar-refractivity contribution in [1.29, 1.82) is 5.41 Å². The lowest BCUT2D eigenvalue weighted by molar-refractivity contribution is 0.137. The highest BCUT2D eigenvalue weighted by Crippen LogP contribution is 2.24. The Morgan fingerprint density at radius 3 is 2.50 bits per heavy atom. The van der Waals surface area contributed by atoms with Gasteiger partial charge in [-0.1, -0.05) is 13.8 Å². The van der Waals surface area contributed by atoms with E-state index in [0.717, 1.165) is 6.54 Å². The molecule has 0 radical (unpaired) electrons. The van der Waals surface area contributed by atoms with Gasteiger partial charge in [-0.15, -0.1) is 0 Å². The van der Waals surface area contributed by atoms with Crippen molar-refractivity contribution in [2.45, 2.75) is 26.9 Å². The van der Waals surface area contributed by atoms with Gasteiger partial charge in [0.1, 0.15) is 5.84 Å². The van der Waals surface area contributed by atoms with Crippen LogP contribution in [0.4, 0.5) is 0 Å². The third-order valence-electron chi connectivity index (χ3n) is 2.05. The molecule has 12 heavy (non-hydrogen) atoms. The van der Waals surface area contributed by atoms with Crippen molar-refractivity contribution < 1.29 is 4.74 Å². The molecule has 1 aliphatic heterocycles. The van der Waals surface area contributed by atoms with Crippen molar-refractivity contribution in [3.8, 4) is 0 Å². The molecule has 1 unspecified atom stereocenters. The lowest BCUT2D eigenvalue weighted by atomic mass is 10.1. The SMILES string of the molecule is C=C1OC(C(C)C)C(=N)N1CC. The van der Waals surface area contributed by atoms with Crippen LogP contribution in [0.25, 0.3) is 0 Å². The molecule has 1 heterocycles. The fraction of sp³-hybridized carbons (Fsp3) is 0.667. The lowest BCUT2D eigenvalue weighted by Gasteiger charge is -2.14. The number of nitrogens with one attached hydrogen (secondary N) is 1. The summed E-state index contributed by atoms with van der Waals surface area (Å²) < 4.78 is 5.45. The van der Waals surface area contributed by atoms with E-state index < -0.39 is 0 Å². The summed E-state index contributed by atoms with van der Waals surface area (Å²) in [5, 5.41) is 7.76. The second-order valence-corrected chi connectivity index (χ2v) is 3.31. The molecule has 68 valence electrons. The van der Waals surface area contributed by atoms with Gasteiger partial charge in [-0.05, 0) is 19.4 Å². The molecule has 1 fully saturated rings. The standard InChI is InChI=1S/C9H16N2O/c1-5-11-7(4)12-8(6(2)3)9(11)10/h6,8,10H,4-5H2,1-3H3. The Kier molecular flexibility index (Phi) is 2.40. The molecule has 3 nitrogen and oxygen atoms in total. The molecule has 0 aromatic rings. The van der Waals surface area contributed by atoms with Gasteiger partial charge in [-0.2, -0.15) is 0 Å². The highest BCUT2D eigenvalue weighted by Gasteiger charge is 2.33. The maximum atomic E-state index is 7.76. The van der Waals surface area contributed by atoms with Gasteiger partial charge in [-0.3, -0.25) is 10.3 Å². The van der Waals surface area contributed by atoms with Gasteiger partial charge in [-0.25, -0.2) is 0 Å². The molecule has 0 spiro atoms. The van der Waals surface area contributed by atoms with E-state index in [1.165, 1.54) is 0 Å². The first-order chi connectivity index (χ1) is 5.57. The smallest absolute Gasteiger partial charge is 0.188 e. The fourth-order valence-corrected chi connectivity index (χ4v) is 1.35. The average Bonchev–Trinajstić information content (AvgIpc) is 2.27. The molecular formula is C9H16N2O. The van der Waals surface area contributed by atoms with Crippen LogP contribution >= 0.6 is 0 Å². The zero-order valence-electron chi connectivity index (χ0n) is 7.92. The Balaban J connectivity index is 2.75. The molecule has 1 atom stereocenters. The second kappa shape index (κ2) is 3.17. The third kappa shape index (κ3) is 1.31. The quantitative estimate of drug-likeness (QED) is 0.682. The Bertz CT molecular complexity index is 211. The summed E-state index contributed by atoms with van der Waals surface area (Å²) in [5.74, 6) is 1.49. The number of rotatable bonds is 2. The minimum atomic E-state index is -0.0996. The largest absolute Gasteiger partial charge is 0.468 e. The first-order valence-corrected chi connectivity index (χ1v) is 4.29. The Hall–Kier alpha value is -0.990. The van der Waals surface area contributed by atoms with E-state index in [2.05, 4.69) is 6.58 Å². The number of hydrogen-bond acceptors (Lipinski definition) is 2. The van der Waals surface area contributed by atoms with Gasteiger partial charge in [0.15, 0.2) is 12.0 Å². The first kappa shape index (κ1) is 9.10. The molecule has 0 saturated carbocycles. The Morgan fingerprint density at radius 1 is 1.67 bits per heavy atom. The normalized spacial score (nSPS) is 23.7. The zero-order chi connectivity index (χ0) is 9.30. The third-order valence-corrected chi connectivity index (χ3v) is 2.05. The predicted molar refractivity (Wildman–Crippen MR) is 49.0 cm³/mol. The molecule has 1 N–H and O–H groups in total. The topological polar surface area (TPSA) is 36.3 Å². The molecule has 0 amide bonds. The summed E-state index contributed by atoms with van der Waals surface area (Å²) in [7, 11) is 0. The summed E-state index contributed by atoms with van der Waals surface area (Å²) >= 11 is 0. The number of amidine groups is 1. The van der Waals surface area contributed by atoms with Crippen LogP contribution in [0.5, 0.6) is 0 Å². The van der Waals surface area contributed by atoms with E-state index in [4.69, 9.17) is 10.1 Å². The van der Waals surface area contributed by atoms with Crippen LogP contribution in [0, 0.1) is 11.3 Å². The van der Waals surface area contributed by atoms with Crippen molar-refractivity contribution >= 4 is 5.84 Å². The second-order valence-electron chi connectivity index (χ2n) is 3.31. The van der Waals surface area contributed by atoms with E-state index >= 15 is 0 Å². The molecule has 0 aromatic carbocycles. The van der Waals surface area contributed by atoms with Crippen LogP contribution < -0.4 is 0 Å². The van der Waals surface area contributed by atoms with Crippen LogP contribution in [0.1, 0.15) is 20.8 Å². The van der Waals surface area contributed by atoms with Crippen molar-refractivity contribution in [1.82, 2.24) is 4.90 Å². The molecule has 0 aliphatic carbocycles. The Morgan fingerprint density at radius 2 is 2.25 bits per heavy atom. The molecule has 0 aromatic heterocycles. The summed E-state index contributed by atoms with van der Waals surface area (Å²) in [6, 6.07) is 0. The highest BCUT2D eigenvalue weighted by atomic mass is 16.5. The molecule has 1 rings (SSSR count). The molecule has 1 saturated heterocycles. The fourth-order valence-electron chi connectivity index (χ4n) is 1.35. The van der Waals surface area contributed by atoms with Gasteiger partial charge in [0.2, 0.25) is 0 Å². The molecule has 1 aliphatic rings. The van der Waals surface area contributed by atoms with Gasteiger partial charge < -0.3 is 4.74 Å². The highest BCUT2D eigenvalue weighted by molar-refractivity contribution is 5.87. The van der Waals surface area contributed by atoms with Crippen molar-refractivity contribution in [3.05, 3.63) is 12.5 Å². The summed E-state index contributed by atoms with van der Waals surface area (Å²) in [6.45, 7) is 10.6. The van der Waals surface area contributed by atoms with Crippen LogP contribution in [0.3, 0.4) is 0 Å². The van der Waals surface area contributed by atoms with E-state index in [1.54, 1.807) is 4.90 Å². The van der Waals surface area contributed by atoms with Crippen molar-refractivity contribution in [3.63, 3.8) is 0 Å². The summed E-state index contributed by atoms with van der Waals surface area (Å²) in [6.07, 6.45) is -0.0996. The van der Waals surface area contributed by atoms with Crippen LogP contribution in [0.15, 0.2) is 12.5 Å². The van der Waals surface area contributed by atoms with Crippen LogP contribution in [-0.4, -0.2) is 23.4 Å². The number of hydrogen-bond donors (Lipinski definition) is 1. The van der Waals surface area contributed by atoms with Gasteiger partial charge in [0.25, 0.3) is 0 Å². The van der Waals surface area contributed by atoms with Gasteiger partial charge in [0, 0.05) is 6.54 Å². The molecule has 3 heteroatoms. The number of likely N-dealkylation sites (N-methyl/N-ethyl adjacent to an activating group) is 1. The predicted octanol–water partition coefficient (Wildman–Crippen LogP) is 1.81. The minimum absolute atomic E-state index is 0.0996. The number of nitrogens with zero attached hydrogens (tertiary/aromatic N) is 1. The van der Waals surface area contributed by atoms with E-state index in [-0.39, 0.29) is 6.10 Å². The first-order valence-electron chi connectivity index (χ1n) is 4.29. The van der Waals surface area contributed by atoms with Crippen LogP contribution in [0.2, 0.25) is 0 Å². The monoisotopic (exact) mass is 168 g/mol. The van der Waals surface area contributed by atoms with E-state index in [9.17, 15) is 0 Å². The Labute approximate surface area is 73.5 Å². The van der Waals surface area contributed by atoms with Gasteiger partial charge in [0.05, 0.1) is 0 Å². The van der Waals surface area contributed by atoms with Gasteiger partial charge >= 0.3 is 0 Å². The number of ether oxygens (including phenoxy) is 1. The maximum absolute atomic E-state index is 7.76. The summed E-state index contributed by atoms with van der Waals surface area (Å²) in [5.41, 5.74) is 0. The zero-order valence-corrected chi connectivity index (χ0v) is 7.92. The van der Waals surface area contributed by atoms with Crippen molar-refractivity contribution in [2.75, 3.05) is 6.54 Å².